The van der Waals surface area contributed by atoms with E-state index in [1.54, 1.807) is 24.4 Å². The average Bonchev–Trinajstić information content (AvgIpc) is 2.80. The van der Waals surface area contributed by atoms with Crippen molar-refractivity contribution in [3.05, 3.63) is 45.0 Å². The Labute approximate surface area is 141 Å². The van der Waals surface area contributed by atoms with Gasteiger partial charge in [0, 0.05) is 11.1 Å². The summed E-state index contributed by atoms with van der Waals surface area (Å²) in [6.07, 6.45) is 2.67. The maximum absolute atomic E-state index is 10.9. The monoisotopic (exact) mass is 385 g/mol. The summed E-state index contributed by atoms with van der Waals surface area (Å²) >= 11 is 19.3. The van der Waals surface area contributed by atoms with E-state index in [1.165, 1.54) is 11.8 Å². The Morgan fingerprint density at radius 2 is 1.81 bits per heavy atom. The summed E-state index contributed by atoms with van der Waals surface area (Å²) in [6, 6.07) is 5.02. The van der Waals surface area contributed by atoms with Gasteiger partial charge < -0.3 is 4.98 Å². The number of rotatable bonds is 5. The van der Waals surface area contributed by atoms with E-state index in [4.69, 9.17) is 39.0 Å². The van der Waals surface area contributed by atoms with Crippen LogP contribution in [-0.2, 0) is 20.9 Å². The van der Waals surface area contributed by atoms with Crippen molar-refractivity contribution < 1.29 is 12.6 Å². The van der Waals surface area contributed by atoms with E-state index in [0.29, 0.717) is 20.6 Å². The van der Waals surface area contributed by atoms with Crippen molar-refractivity contribution in [1.82, 2.24) is 4.98 Å². The molecule has 0 aliphatic heterocycles. The molecular weight excluding hydrogens is 377 g/mol. The molecule has 2 rings (SSSR count). The van der Waals surface area contributed by atoms with E-state index in [9.17, 15) is 8.42 Å². The Morgan fingerprint density at radius 1 is 1.14 bits per heavy atom. The fourth-order valence-corrected chi connectivity index (χ4v) is 3.41. The first-order valence-corrected chi connectivity index (χ1v) is 9.35. The van der Waals surface area contributed by atoms with Gasteiger partial charge in [0.25, 0.3) is 10.1 Å². The second-order valence-corrected chi connectivity index (χ2v) is 8.09. The molecule has 1 N–H and O–H groups in total. The van der Waals surface area contributed by atoms with E-state index in [2.05, 4.69) is 4.98 Å². The van der Waals surface area contributed by atoms with Crippen LogP contribution < -0.4 is 0 Å². The maximum Gasteiger partial charge on any atom is 0.264 e. The molecule has 1 heterocycles. The summed E-state index contributed by atoms with van der Waals surface area (Å²) in [6.45, 7) is -0.0228. The molecule has 114 valence electrons. The first kappa shape index (κ1) is 17.0. The Kier molecular flexibility index (Phi) is 5.51. The van der Waals surface area contributed by atoms with Crippen LogP contribution in [0.3, 0.4) is 0 Å². The Balaban J connectivity index is 2.11. The van der Waals surface area contributed by atoms with E-state index in [1.807, 2.05) is 0 Å². The minimum absolute atomic E-state index is 0.0228. The van der Waals surface area contributed by atoms with Gasteiger partial charge in [-0.3, -0.25) is 4.18 Å². The van der Waals surface area contributed by atoms with Crippen LogP contribution >= 0.6 is 46.6 Å². The van der Waals surface area contributed by atoms with Gasteiger partial charge in [-0.2, -0.15) is 8.42 Å². The number of aromatic nitrogens is 1. The van der Waals surface area contributed by atoms with Crippen LogP contribution in [0.1, 0.15) is 5.56 Å². The van der Waals surface area contributed by atoms with Gasteiger partial charge >= 0.3 is 0 Å². The van der Waals surface area contributed by atoms with E-state index in [0.717, 1.165) is 16.2 Å². The molecule has 0 radical (unpaired) electrons. The van der Waals surface area contributed by atoms with E-state index in [-0.39, 0.29) is 6.61 Å². The molecule has 21 heavy (non-hydrogen) atoms. The molecule has 0 amide bonds. The average molecular weight is 387 g/mol. The lowest BCUT2D eigenvalue weighted by atomic mass is 10.4. The molecule has 0 aliphatic carbocycles. The van der Waals surface area contributed by atoms with Crippen LogP contribution in [0.5, 0.6) is 0 Å². The summed E-state index contributed by atoms with van der Waals surface area (Å²) in [4.78, 5) is 3.74. The van der Waals surface area contributed by atoms with Gasteiger partial charge in [-0.05, 0) is 23.8 Å². The zero-order chi connectivity index (χ0) is 15.6. The minimum atomic E-state index is -3.46. The number of aromatic amines is 1. The molecule has 0 saturated heterocycles. The summed E-state index contributed by atoms with van der Waals surface area (Å²) in [5.41, 5.74) is 0.708. The number of benzene rings is 1. The van der Waals surface area contributed by atoms with E-state index >= 15 is 0 Å². The zero-order valence-corrected chi connectivity index (χ0v) is 14.6. The molecule has 0 bridgehead atoms. The second kappa shape index (κ2) is 6.81. The van der Waals surface area contributed by atoms with Gasteiger partial charge in [-0.25, -0.2) is 0 Å². The number of nitrogens with one attached hydrogen (secondary N) is 1. The third kappa shape index (κ3) is 5.09. The molecule has 0 fully saturated rings. The summed E-state index contributed by atoms with van der Waals surface area (Å²) < 4.78 is 26.6. The van der Waals surface area contributed by atoms with Crippen molar-refractivity contribution in [1.29, 1.82) is 0 Å². The molecular formula is C12H10Cl3NO3S2. The Bertz CT molecular complexity index is 759. The topological polar surface area (TPSA) is 59.2 Å². The predicted octanol–water partition coefficient (Wildman–Crippen LogP) is 4.60. The fourth-order valence-electron chi connectivity index (χ4n) is 1.43. The van der Waals surface area contributed by atoms with Gasteiger partial charge in [0.05, 0.1) is 33.0 Å². The van der Waals surface area contributed by atoms with Crippen LogP contribution in [0.4, 0.5) is 0 Å². The highest BCUT2D eigenvalue weighted by atomic mass is 35.5. The summed E-state index contributed by atoms with van der Waals surface area (Å²) in [5.74, 6) is 0. The predicted molar refractivity (Wildman–Crippen MR) is 86.0 cm³/mol. The molecule has 4 nitrogen and oxygen atoms in total. The Morgan fingerprint density at radius 3 is 2.48 bits per heavy atom. The number of hydrogen-bond acceptors (Lipinski definition) is 4. The highest BCUT2D eigenvalue weighted by Gasteiger charge is 2.10. The van der Waals surface area contributed by atoms with Crippen molar-refractivity contribution in [2.45, 2.75) is 16.5 Å². The molecule has 0 unspecified atom stereocenters. The highest BCUT2D eigenvalue weighted by molar-refractivity contribution is 7.99. The molecule has 0 saturated carbocycles. The number of H-pyrrole nitrogens is 1. The lowest BCUT2D eigenvalue weighted by Gasteiger charge is -2.04. The SMILES string of the molecule is CS(=O)(=O)OCc1c[nH]c(Sc2cc(Cl)c(Cl)cc2Cl)c1. The molecule has 2 aromatic rings. The standard InChI is InChI=1S/C12H10Cl3NO3S2/c1-21(17,18)19-6-7-2-12(16-5-7)20-11-4-9(14)8(13)3-10(11)15/h2-5,16H,6H2,1H3. The van der Waals surface area contributed by atoms with Crippen LogP contribution in [0, 0.1) is 0 Å². The Hall–Kier alpha value is -0.370. The van der Waals surface area contributed by atoms with Crippen molar-refractivity contribution in [3.63, 3.8) is 0 Å². The second-order valence-electron chi connectivity index (χ2n) is 4.14. The first-order chi connectivity index (χ1) is 9.74. The largest absolute Gasteiger partial charge is 0.356 e. The minimum Gasteiger partial charge on any atom is -0.356 e. The summed E-state index contributed by atoms with van der Waals surface area (Å²) in [5, 5.41) is 2.07. The normalized spacial score (nSPS) is 11.8. The molecule has 1 aromatic carbocycles. The highest BCUT2D eigenvalue weighted by Crippen LogP contribution is 2.38. The third-order valence-electron chi connectivity index (χ3n) is 2.35. The molecule has 0 atom stereocenters. The molecule has 0 spiro atoms. The summed E-state index contributed by atoms with van der Waals surface area (Å²) in [7, 11) is -3.46. The van der Waals surface area contributed by atoms with Gasteiger partial charge in [0.1, 0.15) is 0 Å². The third-order valence-corrected chi connectivity index (χ3v) is 5.06. The van der Waals surface area contributed by atoms with Crippen molar-refractivity contribution in [3.8, 4) is 0 Å². The quantitative estimate of drug-likeness (QED) is 0.602. The van der Waals surface area contributed by atoms with Gasteiger partial charge in [0.2, 0.25) is 0 Å². The van der Waals surface area contributed by atoms with E-state index < -0.39 is 10.1 Å². The van der Waals surface area contributed by atoms with Crippen molar-refractivity contribution in [2.24, 2.45) is 0 Å². The van der Waals surface area contributed by atoms with Gasteiger partial charge in [-0.15, -0.1) is 0 Å². The molecule has 0 aliphatic rings. The number of hydrogen-bond donors (Lipinski definition) is 1. The van der Waals surface area contributed by atoms with Crippen LogP contribution in [0.25, 0.3) is 0 Å². The lowest BCUT2D eigenvalue weighted by Crippen LogP contribution is -2.01. The molecule has 9 heteroatoms. The molecule has 1 aromatic heterocycles. The van der Waals surface area contributed by atoms with Crippen LogP contribution in [0.2, 0.25) is 15.1 Å². The first-order valence-electron chi connectivity index (χ1n) is 5.59. The fraction of sp³-hybridized carbons (Fsp3) is 0.167. The van der Waals surface area contributed by atoms with Crippen molar-refractivity contribution >= 4 is 56.7 Å². The van der Waals surface area contributed by atoms with Crippen LogP contribution in [0.15, 0.2) is 34.3 Å². The van der Waals surface area contributed by atoms with Crippen LogP contribution in [-0.4, -0.2) is 19.7 Å². The number of halogens is 3. The lowest BCUT2D eigenvalue weighted by molar-refractivity contribution is 0.312. The van der Waals surface area contributed by atoms with Gasteiger partial charge in [-0.1, -0.05) is 46.6 Å². The smallest absolute Gasteiger partial charge is 0.264 e. The van der Waals surface area contributed by atoms with Crippen molar-refractivity contribution in [2.75, 3.05) is 6.26 Å². The zero-order valence-electron chi connectivity index (χ0n) is 10.7. The van der Waals surface area contributed by atoms with Gasteiger partial charge in [0.15, 0.2) is 0 Å². The maximum atomic E-state index is 10.9.